The third-order valence-corrected chi connectivity index (χ3v) is 3.32. The smallest absolute Gasteiger partial charge is 0.288 e. The first kappa shape index (κ1) is 13.2. The van der Waals surface area contributed by atoms with Gasteiger partial charge in [0.2, 0.25) is 0 Å². The minimum atomic E-state index is -0.243. The predicted octanol–water partition coefficient (Wildman–Crippen LogP) is 3.16. The van der Waals surface area contributed by atoms with Crippen molar-refractivity contribution in [1.29, 1.82) is 0 Å². The molecule has 5 nitrogen and oxygen atoms in total. The van der Waals surface area contributed by atoms with Gasteiger partial charge in [-0.15, -0.1) is 0 Å². The van der Waals surface area contributed by atoms with E-state index in [1.165, 1.54) is 6.26 Å². The average molecular weight is 281 g/mol. The number of aromatic nitrogens is 2. The molecule has 2 N–H and O–H groups in total. The summed E-state index contributed by atoms with van der Waals surface area (Å²) in [5, 5.41) is 9.51. The molecule has 0 spiro atoms. The van der Waals surface area contributed by atoms with Crippen LogP contribution in [0.25, 0.3) is 11.1 Å². The number of amides is 1. The number of hydrogen-bond donors (Lipinski definition) is 2. The van der Waals surface area contributed by atoms with E-state index in [-0.39, 0.29) is 11.9 Å². The minimum absolute atomic E-state index is 0.148. The SMILES string of the molecule is CC(NC(=O)c1occc1-c1ccccc1)c1cn[nH]c1. The summed E-state index contributed by atoms with van der Waals surface area (Å²) in [5.74, 6) is 0.0732. The van der Waals surface area contributed by atoms with Crippen LogP contribution in [0.5, 0.6) is 0 Å². The third-order valence-electron chi connectivity index (χ3n) is 3.32. The quantitative estimate of drug-likeness (QED) is 0.771. The van der Waals surface area contributed by atoms with Gasteiger partial charge in [0, 0.05) is 17.3 Å². The standard InChI is InChI=1S/C16H15N3O2/c1-11(13-9-17-18-10-13)19-16(20)15-14(7-8-21-15)12-5-3-2-4-6-12/h2-11H,1H3,(H,17,18)(H,19,20). The van der Waals surface area contributed by atoms with E-state index in [1.807, 2.05) is 37.3 Å². The second-order valence-electron chi connectivity index (χ2n) is 4.76. The predicted molar refractivity (Wildman–Crippen MR) is 78.6 cm³/mol. The molecule has 1 atom stereocenters. The van der Waals surface area contributed by atoms with E-state index in [4.69, 9.17) is 4.42 Å². The Labute approximate surface area is 122 Å². The number of carbonyl (C=O) groups excluding carboxylic acids is 1. The van der Waals surface area contributed by atoms with Crippen molar-refractivity contribution in [2.75, 3.05) is 0 Å². The van der Waals surface area contributed by atoms with Crippen LogP contribution in [0.4, 0.5) is 0 Å². The zero-order chi connectivity index (χ0) is 14.7. The van der Waals surface area contributed by atoms with Crippen LogP contribution in [0.1, 0.15) is 29.1 Å². The molecule has 5 heteroatoms. The second kappa shape index (κ2) is 5.66. The lowest BCUT2D eigenvalue weighted by molar-refractivity contribution is 0.0913. The first-order chi connectivity index (χ1) is 10.3. The summed E-state index contributed by atoms with van der Waals surface area (Å²) in [6.07, 6.45) is 4.97. The fourth-order valence-corrected chi connectivity index (χ4v) is 2.17. The normalized spacial score (nSPS) is 12.0. The van der Waals surface area contributed by atoms with E-state index in [2.05, 4.69) is 15.5 Å². The molecule has 2 aromatic heterocycles. The topological polar surface area (TPSA) is 70.9 Å². The number of H-pyrrole nitrogens is 1. The van der Waals surface area contributed by atoms with Gasteiger partial charge in [0.1, 0.15) is 0 Å². The highest BCUT2D eigenvalue weighted by Gasteiger charge is 2.19. The largest absolute Gasteiger partial charge is 0.459 e. The monoisotopic (exact) mass is 281 g/mol. The fourth-order valence-electron chi connectivity index (χ4n) is 2.17. The number of hydrogen-bond acceptors (Lipinski definition) is 3. The Hall–Kier alpha value is -2.82. The summed E-state index contributed by atoms with van der Waals surface area (Å²) in [7, 11) is 0. The molecule has 0 aliphatic carbocycles. The molecule has 0 aliphatic rings. The molecule has 0 fully saturated rings. The van der Waals surface area contributed by atoms with Crippen LogP contribution in [0.3, 0.4) is 0 Å². The second-order valence-corrected chi connectivity index (χ2v) is 4.76. The van der Waals surface area contributed by atoms with Crippen molar-refractivity contribution in [3.63, 3.8) is 0 Å². The van der Waals surface area contributed by atoms with E-state index in [0.29, 0.717) is 5.76 Å². The van der Waals surface area contributed by atoms with E-state index in [9.17, 15) is 4.79 Å². The lowest BCUT2D eigenvalue weighted by Gasteiger charge is -2.11. The van der Waals surface area contributed by atoms with E-state index < -0.39 is 0 Å². The van der Waals surface area contributed by atoms with Crippen LogP contribution in [-0.4, -0.2) is 16.1 Å². The Kier molecular flexibility index (Phi) is 3.55. The Bertz CT molecular complexity index is 717. The molecule has 21 heavy (non-hydrogen) atoms. The van der Waals surface area contributed by atoms with E-state index in [1.54, 1.807) is 18.5 Å². The zero-order valence-corrected chi connectivity index (χ0v) is 11.5. The van der Waals surface area contributed by atoms with Gasteiger partial charge >= 0.3 is 0 Å². The van der Waals surface area contributed by atoms with Crippen LogP contribution < -0.4 is 5.32 Å². The molecule has 106 valence electrons. The summed E-state index contributed by atoms with van der Waals surface area (Å²) >= 11 is 0. The van der Waals surface area contributed by atoms with Crippen LogP contribution in [0, 0.1) is 0 Å². The van der Waals surface area contributed by atoms with Crippen LogP contribution in [0.2, 0.25) is 0 Å². The van der Waals surface area contributed by atoms with Crippen molar-refractivity contribution in [2.45, 2.75) is 13.0 Å². The van der Waals surface area contributed by atoms with Crippen molar-refractivity contribution in [3.8, 4) is 11.1 Å². The van der Waals surface area contributed by atoms with E-state index in [0.717, 1.165) is 16.7 Å². The summed E-state index contributed by atoms with van der Waals surface area (Å²) in [5.41, 5.74) is 2.65. The summed E-state index contributed by atoms with van der Waals surface area (Å²) in [6.45, 7) is 1.90. The Morgan fingerprint density at radius 2 is 2.10 bits per heavy atom. The first-order valence-electron chi connectivity index (χ1n) is 6.68. The van der Waals surface area contributed by atoms with Gasteiger partial charge in [-0.3, -0.25) is 9.89 Å². The Balaban J connectivity index is 1.82. The summed E-state index contributed by atoms with van der Waals surface area (Å²) in [6, 6.07) is 11.3. The van der Waals surface area contributed by atoms with Gasteiger partial charge in [0.25, 0.3) is 5.91 Å². The molecule has 2 heterocycles. The Morgan fingerprint density at radius 3 is 2.81 bits per heavy atom. The van der Waals surface area contributed by atoms with Crippen LogP contribution >= 0.6 is 0 Å². The highest BCUT2D eigenvalue weighted by atomic mass is 16.3. The Morgan fingerprint density at radius 1 is 1.29 bits per heavy atom. The number of carbonyl (C=O) groups is 1. The highest BCUT2D eigenvalue weighted by molar-refractivity contribution is 5.98. The molecular weight excluding hydrogens is 266 g/mol. The van der Waals surface area contributed by atoms with Crippen LogP contribution in [-0.2, 0) is 0 Å². The van der Waals surface area contributed by atoms with Gasteiger partial charge < -0.3 is 9.73 Å². The first-order valence-corrected chi connectivity index (χ1v) is 6.68. The summed E-state index contributed by atoms with van der Waals surface area (Å²) < 4.78 is 5.36. The molecule has 1 aromatic carbocycles. The lowest BCUT2D eigenvalue weighted by Crippen LogP contribution is -2.26. The molecule has 0 saturated heterocycles. The summed E-state index contributed by atoms with van der Waals surface area (Å²) in [4.78, 5) is 12.4. The molecule has 3 rings (SSSR count). The van der Waals surface area contributed by atoms with E-state index >= 15 is 0 Å². The number of benzene rings is 1. The number of nitrogens with zero attached hydrogens (tertiary/aromatic N) is 1. The maximum absolute atomic E-state index is 12.4. The maximum Gasteiger partial charge on any atom is 0.288 e. The zero-order valence-electron chi connectivity index (χ0n) is 11.5. The number of nitrogens with one attached hydrogen (secondary N) is 2. The van der Waals surface area contributed by atoms with Gasteiger partial charge in [-0.05, 0) is 18.6 Å². The lowest BCUT2D eigenvalue weighted by atomic mass is 10.1. The van der Waals surface area contributed by atoms with Gasteiger partial charge in [0.05, 0.1) is 18.5 Å². The average Bonchev–Trinajstić information content (AvgIpc) is 3.19. The third kappa shape index (κ3) is 2.72. The molecule has 0 bridgehead atoms. The van der Waals surface area contributed by atoms with Crippen LogP contribution in [0.15, 0.2) is 59.5 Å². The maximum atomic E-state index is 12.4. The molecule has 0 aliphatic heterocycles. The fraction of sp³-hybridized carbons (Fsp3) is 0.125. The molecule has 1 unspecified atom stereocenters. The van der Waals surface area contributed by atoms with Crippen molar-refractivity contribution in [3.05, 3.63) is 66.4 Å². The van der Waals surface area contributed by atoms with Gasteiger partial charge in [0.15, 0.2) is 5.76 Å². The number of rotatable bonds is 4. The molecule has 3 aromatic rings. The van der Waals surface area contributed by atoms with Crippen molar-refractivity contribution in [2.24, 2.45) is 0 Å². The van der Waals surface area contributed by atoms with Gasteiger partial charge in [-0.1, -0.05) is 30.3 Å². The highest BCUT2D eigenvalue weighted by Crippen LogP contribution is 2.25. The van der Waals surface area contributed by atoms with Crippen molar-refractivity contribution in [1.82, 2.24) is 15.5 Å². The molecular formula is C16H15N3O2. The van der Waals surface area contributed by atoms with Gasteiger partial charge in [-0.25, -0.2) is 0 Å². The minimum Gasteiger partial charge on any atom is -0.459 e. The van der Waals surface area contributed by atoms with Crippen molar-refractivity contribution < 1.29 is 9.21 Å². The van der Waals surface area contributed by atoms with Crippen molar-refractivity contribution >= 4 is 5.91 Å². The van der Waals surface area contributed by atoms with Gasteiger partial charge in [-0.2, -0.15) is 5.10 Å². The number of aromatic amines is 1. The molecule has 1 amide bonds. The molecule has 0 radical (unpaired) electrons. The molecule has 0 saturated carbocycles. The number of furan rings is 1.